The van der Waals surface area contributed by atoms with Crippen LogP contribution in [0.15, 0.2) is 24.3 Å². The Kier molecular flexibility index (Phi) is 18.5. The van der Waals surface area contributed by atoms with Crippen molar-refractivity contribution in [1.82, 2.24) is 10.2 Å². The van der Waals surface area contributed by atoms with Gasteiger partial charge in [0.1, 0.15) is 5.75 Å². The molecule has 216 valence electrons. The van der Waals surface area contributed by atoms with Gasteiger partial charge in [-0.25, -0.2) is 0 Å². The van der Waals surface area contributed by atoms with E-state index in [1.165, 1.54) is 19.3 Å². The van der Waals surface area contributed by atoms with Crippen molar-refractivity contribution in [2.75, 3.05) is 33.4 Å². The van der Waals surface area contributed by atoms with Crippen molar-refractivity contribution in [1.29, 1.82) is 0 Å². The fraction of sp³-hybridized carbons (Fsp3) is 0.750. The summed E-state index contributed by atoms with van der Waals surface area (Å²) in [6, 6.07) is 7.97. The zero-order valence-corrected chi connectivity index (χ0v) is 25.0. The fourth-order valence-electron chi connectivity index (χ4n) is 4.91. The Morgan fingerprint density at radius 2 is 1.76 bits per heavy atom. The second-order valence-corrected chi connectivity index (χ2v) is 10.6. The van der Waals surface area contributed by atoms with Crippen molar-refractivity contribution in [3.63, 3.8) is 0 Å². The van der Waals surface area contributed by atoms with Gasteiger partial charge in [0.25, 0.3) is 5.91 Å². The number of ether oxygens (including phenoxy) is 2. The predicted octanol–water partition coefficient (Wildman–Crippen LogP) is 4.68. The van der Waals surface area contributed by atoms with E-state index in [-0.39, 0.29) is 42.7 Å². The topological polar surface area (TPSA) is 97.0 Å². The van der Waals surface area contributed by atoms with Crippen LogP contribution in [0.3, 0.4) is 0 Å². The maximum absolute atomic E-state index is 13.0. The van der Waals surface area contributed by atoms with Gasteiger partial charge in [-0.3, -0.25) is 9.69 Å². The van der Waals surface area contributed by atoms with E-state index in [0.717, 1.165) is 12.8 Å². The lowest BCUT2D eigenvalue weighted by Crippen LogP contribution is -2.52. The summed E-state index contributed by atoms with van der Waals surface area (Å²) in [4.78, 5) is 15.4. The van der Waals surface area contributed by atoms with Crippen LogP contribution in [0.2, 0.25) is 0 Å². The molecule has 5 unspecified atom stereocenters. The Morgan fingerprint density at radius 3 is 2.38 bits per heavy atom. The Bertz CT molecular complexity index is 746. The van der Waals surface area contributed by atoms with Gasteiger partial charge < -0.3 is 25.6 Å². The SMILES string of the molecule is COCCCCOc1ccccc1C(=O)NCC(CC(N)C(O)CN1C(C)CCCC1C)C(C)C.Cl.Cl. The number of β-amino-alcohol motifs (C(OH)–C–C–N with tert-alkyl or cyclic N) is 1. The van der Waals surface area contributed by atoms with E-state index in [9.17, 15) is 9.90 Å². The Morgan fingerprint density at radius 1 is 1.14 bits per heavy atom. The first-order chi connectivity index (χ1) is 16.7. The predicted molar refractivity (Wildman–Crippen MR) is 156 cm³/mol. The van der Waals surface area contributed by atoms with Crippen molar-refractivity contribution < 1.29 is 19.4 Å². The van der Waals surface area contributed by atoms with Crippen LogP contribution in [0, 0.1) is 11.8 Å². The molecule has 1 aromatic carbocycles. The summed E-state index contributed by atoms with van der Waals surface area (Å²) in [5.74, 6) is 0.948. The quantitative estimate of drug-likeness (QED) is 0.268. The second-order valence-electron chi connectivity index (χ2n) is 10.6. The number of carbonyl (C=O) groups excluding carboxylic acids is 1. The van der Waals surface area contributed by atoms with Crippen molar-refractivity contribution in [2.24, 2.45) is 17.6 Å². The number of nitrogens with zero attached hydrogens (tertiary/aromatic N) is 1. The number of hydrogen-bond acceptors (Lipinski definition) is 6. The molecule has 1 aromatic rings. The monoisotopic (exact) mass is 563 g/mol. The number of nitrogens with two attached hydrogens (primary N) is 1. The van der Waals surface area contributed by atoms with Crippen molar-refractivity contribution >= 4 is 30.7 Å². The van der Waals surface area contributed by atoms with E-state index in [0.29, 0.717) is 62.0 Å². The van der Waals surface area contributed by atoms with Crippen molar-refractivity contribution in [3.8, 4) is 5.75 Å². The first-order valence-electron chi connectivity index (χ1n) is 13.4. The molecule has 0 aliphatic carbocycles. The Balaban J connectivity index is 0.00000648. The van der Waals surface area contributed by atoms with Crippen LogP contribution in [0.4, 0.5) is 0 Å². The molecule has 9 heteroatoms. The maximum Gasteiger partial charge on any atom is 0.255 e. The Hall–Kier alpha value is -1.09. The number of rotatable bonds is 15. The van der Waals surface area contributed by atoms with Gasteiger partial charge >= 0.3 is 0 Å². The summed E-state index contributed by atoms with van der Waals surface area (Å²) < 4.78 is 10.9. The van der Waals surface area contributed by atoms with Crippen LogP contribution < -0.4 is 15.8 Å². The van der Waals surface area contributed by atoms with Crippen LogP contribution >= 0.6 is 24.8 Å². The van der Waals surface area contributed by atoms with Crippen LogP contribution in [-0.4, -0.2) is 73.6 Å². The molecule has 5 atom stereocenters. The summed E-state index contributed by atoms with van der Waals surface area (Å²) in [6.07, 6.45) is 5.46. The second kappa shape index (κ2) is 19.0. The lowest BCUT2D eigenvalue weighted by molar-refractivity contribution is 0.0261. The number of hydrogen-bond donors (Lipinski definition) is 3. The van der Waals surface area contributed by atoms with Gasteiger partial charge in [-0.2, -0.15) is 0 Å². The van der Waals surface area contributed by atoms with Gasteiger partial charge in [0, 0.05) is 44.9 Å². The van der Waals surface area contributed by atoms with E-state index < -0.39 is 6.10 Å². The highest BCUT2D eigenvalue weighted by Crippen LogP contribution is 2.24. The van der Waals surface area contributed by atoms with Crippen LogP contribution in [0.25, 0.3) is 0 Å². The van der Waals surface area contributed by atoms with Gasteiger partial charge in [-0.15, -0.1) is 24.8 Å². The number of halogens is 2. The molecule has 0 saturated carbocycles. The molecule has 7 nitrogen and oxygen atoms in total. The molecule has 1 heterocycles. The third-order valence-corrected chi connectivity index (χ3v) is 7.44. The van der Waals surface area contributed by atoms with Gasteiger partial charge in [-0.05, 0) is 69.9 Å². The van der Waals surface area contributed by atoms with Crippen molar-refractivity contribution in [3.05, 3.63) is 29.8 Å². The van der Waals surface area contributed by atoms with E-state index in [1.807, 2.05) is 18.2 Å². The molecular formula is C28H51Cl2N3O4. The molecule has 37 heavy (non-hydrogen) atoms. The van der Waals surface area contributed by atoms with Crippen LogP contribution in [-0.2, 0) is 4.74 Å². The third-order valence-electron chi connectivity index (χ3n) is 7.44. The molecule has 0 aromatic heterocycles. The third kappa shape index (κ3) is 12.1. The number of benzene rings is 1. The van der Waals surface area contributed by atoms with Crippen LogP contribution in [0.5, 0.6) is 5.75 Å². The molecule has 0 bridgehead atoms. The normalized spacial score (nSPS) is 20.3. The minimum Gasteiger partial charge on any atom is -0.493 e. The largest absolute Gasteiger partial charge is 0.493 e. The molecule has 1 aliphatic heterocycles. The molecular weight excluding hydrogens is 513 g/mol. The van der Waals surface area contributed by atoms with E-state index in [2.05, 4.69) is 37.9 Å². The summed E-state index contributed by atoms with van der Waals surface area (Å²) in [6.45, 7) is 11.1. The van der Waals surface area contributed by atoms with Gasteiger partial charge in [0.2, 0.25) is 0 Å². The zero-order chi connectivity index (χ0) is 25.8. The first kappa shape index (κ1) is 35.9. The first-order valence-corrected chi connectivity index (χ1v) is 13.4. The smallest absolute Gasteiger partial charge is 0.255 e. The zero-order valence-electron chi connectivity index (χ0n) is 23.4. The fourth-order valence-corrected chi connectivity index (χ4v) is 4.91. The number of likely N-dealkylation sites (tertiary alicyclic amines) is 1. The number of aliphatic hydroxyl groups excluding tert-OH is 1. The minimum absolute atomic E-state index is 0. The highest BCUT2D eigenvalue weighted by molar-refractivity contribution is 5.96. The highest BCUT2D eigenvalue weighted by atomic mass is 35.5. The molecule has 0 radical (unpaired) electrons. The molecule has 0 spiro atoms. The average Bonchev–Trinajstić information content (AvgIpc) is 2.83. The summed E-state index contributed by atoms with van der Waals surface area (Å²) in [5.41, 5.74) is 7.02. The lowest BCUT2D eigenvalue weighted by atomic mass is 9.87. The standard InChI is InChI=1S/C28H49N3O4.2ClH/c1-20(2)23(17-25(29)26(32)19-31-21(3)11-10-12-22(31)4)18-30-28(33)24-13-6-7-14-27(24)35-16-9-8-15-34-5;;/h6-7,13-14,20-23,25-26,32H,8-12,15-19,29H2,1-5H3,(H,30,33);2*1H. The number of amides is 1. The van der Waals surface area contributed by atoms with Gasteiger partial charge in [-0.1, -0.05) is 32.4 Å². The summed E-state index contributed by atoms with van der Waals surface area (Å²) >= 11 is 0. The Labute approximate surface area is 237 Å². The molecule has 1 amide bonds. The molecule has 1 aliphatic rings. The van der Waals surface area contributed by atoms with E-state index in [4.69, 9.17) is 15.2 Å². The summed E-state index contributed by atoms with van der Waals surface area (Å²) in [5, 5.41) is 14.0. The number of unbranched alkanes of at least 4 members (excludes halogenated alkanes) is 1. The maximum atomic E-state index is 13.0. The summed E-state index contributed by atoms with van der Waals surface area (Å²) in [7, 11) is 1.69. The molecule has 1 saturated heterocycles. The van der Waals surface area contributed by atoms with Gasteiger partial charge in [0.05, 0.1) is 18.3 Å². The van der Waals surface area contributed by atoms with E-state index >= 15 is 0 Å². The van der Waals surface area contributed by atoms with Crippen molar-refractivity contribution in [2.45, 2.75) is 90.4 Å². The molecule has 4 N–H and O–H groups in total. The number of para-hydroxylation sites is 1. The number of aliphatic hydroxyl groups is 1. The molecule has 2 rings (SSSR count). The minimum atomic E-state index is -0.581. The number of nitrogens with one attached hydrogen (secondary N) is 1. The number of carbonyl (C=O) groups is 1. The van der Waals surface area contributed by atoms with Gasteiger partial charge in [0.15, 0.2) is 0 Å². The molecule has 1 fully saturated rings. The average molecular weight is 565 g/mol. The highest BCUT2D eigenvalue weighted by Gasteiger charge is 2.30. The lowest BCUT2D eigenvalue weighted by Gasteiger charge is -2.41. The number of piperidine rings is 1. The number of methoxy groups -OCH3 is 1. The van der Waals surface area contributed by atoms with Crippen LogP contribution in [0.1, 0.15) is 76.6 Å². The van der Waals surface area contributed by atoms with E-state index in [1.54, 1.807) is 13.2 Å².